The lowest BCUT2D eigenvalue weighted by atomic mass is 10.0. The number of thioether (sulfide) groups is 1. The van der Waals surface area contributed by atoms with Crippen LogP contribution < -0.4 is 9.47 Å². The minimum Gasteiger partial charge on any atom is -0.334 e. The largest absolute Gasteiger partial charge is 0.334 e. The van der Waals surface area contributed by atoms with Gasteiger partial charge in [-0.25, -0.2) is 0 Å². The van der Waals surface area contributed by atoms with Gasteiger partial charge in [0.25, 0.3) is 0 Å². The van der Waals surface area contributed by atoms with E-state index in [1.807, 2.05) is 17.8 Å². The van der Waals surface area contributed by atoms with Crippen molar-refractivity contribution in [2.45, 2.75) is 24.3 Å². The van der Waals surface area contributed by atoms with Crippen LogP contribution in [0, 0.1) is 0 Å². The van der Waals surface area contributed by atoms with Gasteiger partial charge in [0.1, 0.15) is 0 Å². The van der Waals surface area contributed by atoms with E-state index >= 15 is 0 Å². The molecule has 0 atom stereocenters. The van der Waals surface area contributed by atoms with E-state index in [1.54, 1.807) is 0 Å². The third-order valence-electron chi connectivity index (χ3n) is 7.89. The van der Waals surface area contributed by atoms with Crippen LogP contribution in [0.1, 0.15) is 16.8 Å². The molecular weight excluding hydrogens is 540 g/mol. The molecular formula is C37H30ClN2S+. The third kappa shape index (κ3) is 5.36. The Balaban J connectivity index is 1.27. The summed E-state index contributed by atoms with van der Waals surface area (Å²) in [7, 11) is 0. The average molecular weight is 570 g/mol. The van der Waals surface area contributed by atoms with Crippen LogP contribution in [0.3, 0.4) is 0 Å². The Labute approximate surface area is 250 Å². The highest BCUT2D eigenvalue weighted by atomic mass is 35.5. The molecule has 2 nitrogen and oxygen atoms in total. The number of halogens is 1. The Hall–Kier alpha value is -4.05. The first-order chi connectivity index (χ1) is 20.2. The van der Waals surface area contributed by atoms with Crippen molar-refractivity contribution in [1.29, 1.82) is 0 Å². The van der Waals surface area contributed by atoms with Crippen LogP contribution in [-0.2, 0) is 19.4 Å². The zero-order chi connectivity index (χ0) is 27.6. The second-order valence-corrected chi connectivity index (χ2v) is 11.9. The van der Waals surface area contributed by atoms with Gasteiger partial charge in [0, 0.05) is 46.5 Å². The molecule has 200 valence electrons. The lowest BCUT2D eigenvalue weighted by Gasteiger charge is -2.21. The molecule has 4 heteroatoms. The van der Waals surface area contributed by atoms with E-state index in [4.69, 9.17) is 11.6 Å². The zero-order valence-corrected chi connectivity index (χ0v) is 24.3. The van der Waals surface area contributed by atoms with Crippen molar-refractivity contribution in [2.24, 2.45) is 0 Å². The SMILES string of the molecule is Clc1ccc2c(c1)N(CCc1cccc3ccccc13)C(=Cc1ccc3ccccc3[n+]1CCc1ccccc1)S2. The van der Waals surface area contributed by atoms with E-state index in [0.29, 0.717) is 0 Å². The predicted molar refractivity (Wildman–Crippen MR) is 175 cm³/mol. The van der Waals surface area contributed by atoms with Gasteiger partial charge in [-0.15, -0.1) is 0 Å². The summed E-state index contributed by atoms with van der Waals surface area (Å²) < 4.78 is 2.47. The van der Waals surface area contributed by atoms with E-state index in [1.165, 1.54) is 54.1 Å². The van der Waals surface area contributed by atoms with Crippen LogP contribution in [0.25, 0.3) is 27.8 Å². The fraction of sp³-hybridized carbons (Fsp3) is 0.108. The van der Waals surface area contributed by atoms with E-state index < -0.39 is 0 Å². The van der Waals surface area contributed by atoms with Crippen molar-refractivity contribution in [3.05, 3.63) is 154 Å². The maximum absolute atomic E-state index is 6.52. The van der Waals surface area contributed by atoms with Gasteiger partial charge in [-0.05, 0) is 58.7 Å². The van der Waals surface area contributed by atoms with Crippen molar-refractivity contribution in [3.8, 4) is 0 Å². The highest BCUT2D eigenvalue weighted by Gasteiger charge is 2.27. The summed E-state index contributed by atoms with van der Waals surface area (Å²) in [5.74, 6) is 0. The Bertz CT molecular complexity index is 1890. The summed E-state index contributed by atoms with van der Waals surface area (Å²) >= 11 is 8.35. The number of hydrogen-bond donors (Lipinski definition) is 0. The molecule has 0 saturated heterocycles. The minimum atomic E-state index is 0.768. The fourth-order valence-electron chi connectivity index (χ4n) is 5.82. The van der Waals surface area contributed by atoms with Crippen LogP contribution in [-0.4, -0.2) is 6.54 Å². The quantitative estimate of drug-likeness (QED) is 0.177. The number of aromatic nitrogens is 1. The second-order valence-electron chi connectivity index (χ2n) is 10.4. The first kappa shape index (κ1) is 25.9. The number of para-hydroxylation sites is 1. The van der Waals surface area contributed by atoms with Gasteiger partial charge in [0.15, 0.2) is 6.54 Å². The molecule has 0 aliphatic carbocycles. The van der Waals surface area contributed by atoms with E-state index in [0.717, 1.165) is 31.0 Å². The number of fused-ring (bicyclic) bond motifs is 3. The first-order valence-electron chi connectivity index (χ1n) is 14.1. The molecule has 0 bridgehead atoms. The highest BCUT2D eigenvalue weighted by Crippen LogP contribution is 2.47. The van der Waals surface area contributed by atoms with Crippen LogP contribution in [0.4, 0.5) is 5.69 Å². The van der Waals surface area contributed by atoms with Crippen LogP contribution >= 0.6 is 23.4 Å². The molecule has 0 unspecified atom stereocenters. The molecule has 1 aromatic heterocycles. The monoisotopic (exact) mass is 569 g/mol. The molecule has 0 saturated carbocycles. The number of aryl methyl sites for hydroxylation is 2. The summed E-state index contributed by atoms with van der Waals surface area (Å²) in [5.41, 5.74) is 6.36. The maximum Gasteiger partial charge on any atom is 0.212 e. The average Bonchev–Trinajstić information content (AvgIpc) is 3.35. The predicted octanol–water partition coefficient (Wildman–Crippen LogP) is 9.33. The topological polar surface area (TPSA) is 7.12 Å². The molecule has 2 heterocycles. The number of pyridine rings is 1. The molecule has 6 aromatic rings. The Morgan fingerprint density at radius 3 is 2.39 bits per heavy atom. The summed E-state index contributed by atoms with van der Waals surface area (Å²) in [5, 5.41) is 5.86. The lowest BCUT2D eigenvalue weighted by molar-refractivity contribution is -0.672. The number of nitrogens with zero attached hydrogens (tertiary/aromatic N) is 2. The van der Waals surface area contributed by atoms with Crippen LogP contribution in [0.5, 0.6) is 0 Å². The number of benzene rings is 5. The Kier molecular flexibility index (Phi) is 7.22. The van der Waals surface area contributed by atoms with Gasteiger partial charge >= 0.3 is 0 Å². The third-order valence-corrected chi connectivity index (χ3v) is 9.24. The smallest absolute Gasteiger partial charge is 0.212 e. The van der Waals surface area contributed by atoms with E-state index in [-0.39, 0.29) is 0 Å². The molecule has 1 aliphatic rings. The summed E-state index contributed by atoms with van der Waals surface area (Å²) in [6.07, 6.45) is 4.28. The summed E-state index contributed by atoms with van der Waals surface area (Å²) in [6.45, 7) is 1.78. The second kappa shape index (κ2) is 11.4. The van der Waals surface area contributed by atoms with Gasteiger partial charge in [0.05, 0.1) is 10.7 Å². The van der Waals surface area contributed by atoms with Gasteiger partial charge in [-0.1, -0.05) is 108 Å². The molecule has 0 radical (unpaired) electrons. The summed E-state index contributed by atoms with van der Waals surface area (Å²) in [6, 6.07) is 45.5. The van der Waals surface area contributed by atoms with Crippen LogP contribution in [0.15, 0.2) is 137 Å². The zero-order valence-electron chi connectivity index (χ0n) is 22.7. The molecule has 1 aliphatic heterocycles. The number of rotatable bonds is 7. The number of anilines is 1. The highest BCUT2D eigenvalue weighted by molar-refractivity contribution is 8.03. The van der Waals surface area contributed by atoms with Crippen molar-refractivity contribution in [3.63, 3.8) is 0 Å². The van der Waals surface area contributed by atoms with Gasteiger partial charge < -0.3 is 4.90 Å². The van der Waals surface area contributed by atoms with Gasteiger partial charge in [-0.2, -0.15) is 4.57 Å². The van der Waals surface area contributed by atoms with Crippen molar-refractivity contribution < 1.29 is 4.57 Å². The van der Waals surface area contributed by atoms with E-state index in [2.05, 4.69) is 137 Å². The van der Waals surface area contributed by atoms with Gasteiger partial charge in [0.2, 0.25) is 11.2 Å². The fourth-order valence-corrected chi connectivity index (χ4v) is 7.10. The van der Waals surface area contributed by atoms with E-state index in [9.17, 15) is 0 Å². The van der Waals surface area contributed by atoms with Crippen molar-refractivity contribution >= 4 is 56.8 Å². The summed E-state index contributed by atoms with van der Waals surface area (Å²) in [4.78, 5) is 3.69. The first-order valence-corrected chi connectivity index (χ1v) is 15.3. The molecule has 0 fully saturated rings. The molecule has 0 N–H and O–H groups in total. The van der Waals surface area contributed by atoms with Crippen molar-refractivity contribution in [2.75, 3.05) is 11.4 Å². The molecule has 5 aromatic carbocycles. The Morgan fingerprint density at radius 2 is 1.49 bits per heavy atom. The lowest BCUT2D eigenvalue weighted by Crippen LogP contribution is -2.39. The Morgan fingerprint density at radius 1 is 0.707 bits per heavy atom. The minimum absolute atomic E-state index is 0.768. The normalized spacial score (nSPS) is 13.8. The molecule has 7 rings (SSSR count). The van der Waals surface area contributed by atoms with Crippen molar-refractivity contribution in [1.82, 2.24) is 0 Å². The maximum atomic E-state index is 6.52. The number of hydrogen-bond acceptors (Lipinski definition) is 2. The molecule has 0 spiro atoms. The standard InChI is InChI=1S/C37H30ClN2S/c38-31-18-20-36-35(25-31)40(24-22-29-14-8-13-28-11-4-6-15-33(28)29)37(41-36)26-32-19-17-30-12-5-7-16-34(30)39(32)23-21-27-9-2-1-3-10-27/h1-20,25-26H,21-24H2/q+1. The van der Waals surface area contributed by atoms with Gasteiger partial charge in [-0.3, -0.25) is 0 Å². The van der Waals surface area contributed by atoms with Crippen LogP contribution in [0.2, 0.25) is 5.02 Å². The molecule has 0 amide bonds. The molecule has 41 heavy (non-hydrogen) atoms.